The van der Waals surface area contributed by atoms with E-state index >= 15 is 0 Å². The van der Waals surface area contributed by atoms with Gasteiger partial charge < -0.3 is 0 Å². The Morgan fingerprint density at radius 2 is 0.789 bits per heavy atom. The molecule has 0 aliphatic heterocycles. The molecule has 0 bridgehead atoms. The topological polar surface area (TPSA) is 194 Å². The van der Waals surface area contributed by atoms with Gasteiger partial charge in [0.1, 0.15) is 47.6 Å². The molecule has 10 nitrogen and oxygen atoms in total. The van der Waals surface area contributed by atoms with Crippen LogP contribution in [-0.2, 0) is 0 Å². The fraction of sp³-hybridized carbons (Fsp3) is 0. The third-order valence-corrected chi connectivity index (χ3v) is 5.20. The molecule has 2 aromatic heterocycles. The second-order valence-electron chi connectivity index (χ2n) is 7.09. The van der Waals surface area contributed by atoms with Crippen molar-refractivity contribution in [2.24, 2.45) is 0 Å². The van der Waals surface area contributed by atoms with E-state index in [2.05, 4.69) is 19.9 Å². The van der Waals surface area contributed by atoms with Crippen molar-refractivity contribution < 1.29 is 17.6 Å². The zero-order chi connectivity index (χ0) is 27.7. The first-order valence-electron chi connectivity index (χ1n) is 9.79. The Kier molecular flexibility index (Phi) is 6.02. The number of halogens is 4. The van der Waals surface area contributed by atoms with E-state index in [4.69, 9.17) is 0 Å². The van der Waals surface area contributed by atoms with Gasteiger partial charge in [-0.05, 0) is 0 Å². The highest BCUT2D eigenvalue weighted by Gasteiger charge is 2.45. The second kappa shape index (κ2) is 9.29. The van der Waals surface area contributed by atoms with Crippen molar-refractivity contribution in [3.05, 3.63) is 92.2 Å². The van der Waals surface area contributed by atoms with Crippen LogP contribution in [0.25, 0.3) is 11.1 Å². The molecule has 2 aromatic rings. The van der Waals surface area contributed by atoms with Crippen LogP contribution in [0.15, 0.2) is 56.7 Å². The van der Waals surface area contributed by atoms with Gasteiger partial charge in [0.05, 0.1) is 11.1 Å². The highest BCUT2D eigenvalue weighted by molar-refractivity contribution is 6.10. The first-order chi connectivity index (χ1) is 18.2. The number of allylic oxidation sites excluding steroid dienone is 10. The molecule has 38 heavy (non-hydrogen) atoms. The van der Waals surface area contributed by atoms with E-state index in [0.29, 0.717) is 12.1 Å². The molecule has 2 heterocycles. The van der Waals surface area contributed by atoms with Crippen LogP contribution in [0.4, 0.5) is 17.6 Å². The molecule has 0 unspecified atom stereocenters. The van der Waals surface area contributed by atoms with Crippen molar-refractivity contribution >= 4 is 11.1 Å². The van der Waals surface area contributed by atoms with Crippen LogP contribution in [0.2, 0.25) is 0 Å². The summed E-state index contributed by atoms with van der Waals surface area (Å²) in [6.07, 6.45) is 0. The Hall–Kier alpha value is -6.48. The maximum atomic E-state index is 14.0. The zero-order valence-electron chi connectivity index (χ0n) is 18.1. The van der Waals surface area contributed by atoms with Gasteiger partial charge in [0, 0.05) is 45.6 Å². The quantitative estimate of drug-likeness (QED) is 0.332. The lowest BCUT2D eigenvalue weighted by molar-refractivity contribution is 0.521. The predicted molar refractivity (Wildman–Crippen MR) is 112 cm³/mol. The lowest BCUT2D eigenvalue weighted by atomic mass is 9.89. The van der Waals surface area contributed by atoms with Crippen molar-refractivity contribution in [3.63, 3.8) is 0 Å². The third kappa shape index (κ3) is 3.61. The molecule has 0 aromatic carbocycles. The van der Waals surface area contributed by atoms with Gasteiger partial charge in [-0.25, -0.2) is 0 Å². The fourth-order valence-corrected chi connectivity index (χ4v) is 3.95. The number of rotatable bonds is 2. The van der Waals surface area contributed by atoms with E-state index in [1.807, 2.05) is 0 Å². The molecule has 0 saturated heterocycles. The SMILES string of the molecule is N#CC(C#N)=C1C2=C(C(C#N)=C1c1nc(F)cc(F)n1)C(=C(C#N)C#N)C(c1nc(F)cc(F)n1)=C2C#N. The van der Waals surface area contributed by atoms with E-state index in [-0.39, 0.29) is 0 Å². The van der Waals surface area contributed by atoms with Crippen LogP contribution in [-0.4, -0.2) is 19.9 Å². The summed E-state index contributed by atoms with van der Waals surface area (Å²) in [6, 6.07) is 10.2. The molecule has 0 atom stereocenters. The van der Waals surface area contributed by atoms with Gasteiger partial charge in [-0.15, -0.1) is 0 Å². The van der Waals surface area contributed by atoms with Crippen LogP contribution in [0.3, 0.4) is 0 Å². The highest BCUT2D eigenvalue weighted by atomic mass is 19.1. The van der Waals surface area contributed by atoms with Crippen molar-refractivity contribution in [1.82, 2.24) is 19.9 Å². The van der Waals surface area contributed by atoms with E-state index in [1.165, 1.54) is 24.3 Å². The Bertz CT molecular complexity index is 1710. The lowest BCUT2D eigenvalue weighted by Crippen LogP contribution is -2.07. The van der Waals surface area contributed by atoms with Crippen LogP contribution < -0.4 is 0 Å². The first-order valence-corrected chi connectivity index (χ1v) is 9.79. The molecule has 14 heteroatoms. The number of aromatic nitrogens is 4. The second-order valence-corrected chi connectivity index (χ2v) is 7.09. The highest BCUT2D eigenvalue weighted by Crippen LogP contribution is 2.56. The molecule has 0 N–H and O–H groups in total. The summed E-state index contributed by atoms with van der Waals surface area (Å²) < 4.78 is 56.0. The van der Waals surface area contributed by atoms with Crippen molar-refractivity contribution in [2.75, 3.05) is 0 Å². The van der Waals surface area contributed by atoms with E-state index in [9.17, 15) is 49.1 Å². The van der Waals surface area contributed by atoms with Crippen molar-refractivity contribution in [1.29, 1.82) is 31.6 Å². The fourth-order valence-electron chi connectivity index (χ4n) is 3.95. The first kappa shape index (κ1) is 24.6. The lowest BCUT2D eigenvalue weighted by Gasteiger charge is -2.13. The maximum absolute atomic E-state index is 14.0. The average molecular weight is 506 g/mol. The molecule has 2 aliphatic carbocycles. The number of hydrogen-bond donors (Lipinski definition) is 0. The Morgan fingerprint density at radius 1 is 0.500 bits per heavy atom. The van der Waals surface area contributed by atoms with Gasteiger partial charge in [-0.1, -0.05) is 0 Å². The third-order valence-electron chi connectivity index (χ3n) is 5.20. The zero-order valence-corrected chi connectivity index (χ0v) is 18.1. The summed E-state index contributed by atoms with van der Waals surface area (Å²) in [5, 5.41) is 58.7. The Labute approximate surface area is 209 Å². The minimum absolute atomic E-state index is 0.314. The molecule has 4 rings (SSSR count). The molecule has 0 radical (unpaired) electrons. The van der Waals surface area contributed by atoms with Crippen LogP contribution in [0.1, 0.15) is 11.6 Å². The molecule has 2 aliphatic rings. The van der Waals surface area contributed by atoms with Gasteiger partial charge in [-0.3, -0.25) is 0 Å². The van der Waals surface area contributed by atoms with Crippen LogP contribution in [0, 0.1) is 91.8 Å². The van der Waals surface area contributed by atoms with Gasteiger partial charge in [-0.2, -0.15) is 69.1 Å². The summed E-state index contributed by atoms with van der Waals surface area (Å²) in [5.74, 6) is -7.13. The van der Waals surface area contributed by atoms with Gasteiger partial charge in [0.15, 0.2) is 11.6 Å². The minimum Gasteiger partial charge on any atom is -0.199 e. The summed E-state index contributed by atoms with van der Waals surface area (Å²) in [4.78, 5) is 13.7. The van der Waals surface area contributed by atoms with Crippen LogP contribution in [0.5, 0.6) is 0 Å². The predicted octanol–water partition coefficient (Wildman–Crippen LogP) is 3.09. The Balaban J connectivity index is 2.27. The van der Waals surface area contributed by atoms with Crippen LogP contribution >= 0.6 is 0 Å². The molecular formula is C24H2F4N10. The average Bonchev–Trinajstić information content (AvgIpc) is 3.37. The molecule has 0 spiro atoms. The molecule has 0 fully saturated rings. The summed E-state index contributed by atoms with van der Waals surface area (Å²) >= 11 is 0. The van der Waals surface area contributed by atoms with Gasteiger partial charge in [0.2, 0.25) is 23.8 Å². The minimum atomic E-state index is -1.38. The number of nitriles is 6. The molecule has 0 amide bonds. The van der Waals surface area contributed by atoms with Crippen molar-refractivity contribution in [2.45, 2.75) is 0 Å². The summed E-state index contributed by atoms with van der Waals surface area (Å²) in [7, 11) is 0. The molecule has 0 saturated carbocycles. The summed E-state index contributed by atoms with van der Waals surface area (Å²) in [5.41, 5.74) is -5.79. The largest absolute Gasteiger partial charge is 0.219 e. The Morgan fingerprint density at radius 3 is 1.03 bits per heavy atom. The van der Waals surface area contributed by atoms with E-state index in [1.54, 1.807) is 12.1 Å². The van der Waals surface area contributed by atoms with Gasteiger partial charge >= 0.3 is 0 Å². The number of hydrogen-bond acceptors (Lipinski definition) is 10. The molecular weight excluding hydrogens is 504 g/mol. The standard InChI is InChI=1S/C24H2F4N10/c25-13-1-14(26)36-23(35-13)21-11(7-33)19-18(10(5-31)6-32)22(24-37-15(27)2-16(28)38-24)12(8-34)20(19)17(21)9(3-29)4-30/h1-2H. The van der Waals surface area contributed by atoms with Gasteiger partial charge in [0.25, 0.3) is 0 Å². The smallest absolute Gasteiger partial charge is 0.199 e. The van der Waals surface area contributed by atoms with Crippen molar-refractivity contribution in [3.8, 4) is 36.4 Å². The monoisotopic (exact) mass is 506 g/mol. The van der Waals surface area contributed by atoms with E-state index < -0.39 is 91.2 Å². The normalized spacial score (nSPS) is 13.7. The van der Waals surface area contributed by atoms with E-state index in [0.717, 1.165) is 0 Å². The maximum Gasteiger partial charge on any atom is 0.219 e. The number of nitrogens with zero attached hydrogens (tertiary/aromatic N) is 10. The molecule has 176 valence electrons. The summed E-state index contributed by atoms with van der Waals surface area (Å²) in [6.45, 7) is 0.